The van der Waals surface area contributed by atoms with Gasteiger partial charge >= 0.3 is 6.18 Å². The van der Waals surface area contributed by atoms with Crippen LogP contribution in [0.4, 0.5) is 18.9 Å². The van der Waals surface area contributed by atoms with Gasteiger partial charge < -0.3 is 10.1 Å². The number of anilines is 1. The maximum Gasteiger partial charge on any atom is 0.416 e. The minimum Gasteiger partial charge on any atom is -0.368 e. The van der Waals surface area contributed by atoms with E-state index in [0.717, 1.165) is 25.0 Å². The van der Waals surface area contributed by atoms with Crippen LogP contribution in [0.5, 0.6) is 0 Å². The van der Waals surface area contributed by atoms with Gasteiger partial charge in [0.05, 0.1) is 5.56 Å². The summed E-state index contributed by atoms with van der Waals surface area (Å²) in [4.78, 5) is 11.8. The summed E-state index contributed by atoms with van der Waals surface area (Å²) < 4.78 is 42.4. The molecule has 1 fully saturated rings. The molecule has 1 aliphatic heterocycles. The van der Waals surface area contributed by atoms with Crippen molar-refractivity contribution in [3.05, 3.63) is 29.8 Å². The maximum atomic E-state index is 12.4. The molecule has 1 heterocycles. The fourth-order valence-corrected chi connectivity index (χ4v) is 1.91. The van der Waals surface area contributed by atoms with Crippen molar-refractivity contribution in [2.75, 3.05) is 11.9 Å². The van der Waals surface area contributed by atoms with Gasteiger partial charge in [-0.3, -0.25) is 4.79 Å². The monoisotopic (exact) mass is 273 g/mol. The highest BCUT2D eigenvalue weighted by Gasteiger charge is 2.30. The number of halogens is 3. The second-order valence-electron chi connectivity index (χ2n) is 4.42. The van der Waals surface area contributed by atoms with Crippen molar-refractivity contribution in [2.24, 2.45) is 0 Å². The van der Waals surface area contributed by atoms with Crippen LogP contribution in [0.15, 0.2) is 24.3 Å². The first kappa shape index (κ1) is 13.9. The number of hydrogen-bond acceptors (Lipinski definition) is 2. The molecule has 1 atom stereocenters. The van der Waals surface area contributed by atoms with Gasteiger partial charge in [-0.2, -0.15) is 13.2 Å². The van der Waals surface area contributed by atoms with Crippen LogP contribution in [0.3, 0.4) is 0 Å². The Labute approximate surface area is 108 Å². The molecule has 1 amide bonds. The number of carbonyl (C=O) groups excluding carboxylic acids is 1. The molecule has 1 unspecified atom stereocenters. The lowest BCUT2D eigenvalue weighted by molar-refractivity contribution is -0.137. The Morgan fingerprint density at radius 1 is 1.21 bits per heavy atom. The highest BCUT2D eigenvalue weighted by Crippen LogP contribution is 2.29. The number of nitrogens with one attached hydrogen (secondary N) is 1. The molecule has 0 aliphatic carbocycles. The number of benzene rings is 1. The molecule has 1 N–H and O–H groups in total. The number of alkyl halides is 3. The van der Waals surface area contributed by atoms with Gasteiger partial charge in [-0.1, -0.05) is 0 Å². The number of carbonyl (C=O) groups is 1. The molecule has 0 radical (unpaired) electrons. The molecule has 1 aromatic rings. The lowest BCUT2D eigenvalue weighted by atomic mass is 10.1. The third-order valence-corrected chi connectivity index (χ3v) is 2.95. The Morgan fingerprint density at radius 3 is 2.42 bits per heavy atom. The highest BCUT2D eigenvalue weighted by molar-refractivity contribution is 5.94. The van der Waals surface area contributed by atoms with Crippen molar-refractivity contribution in [1.29, 1.82) is 0 Å². The fraction of sp³-hybridized carbons (Fsp3) is 0.462. The van der Waals surface area contributed by atoms with E-state index in [1.807, 2.05) is 0 Å². The van der Waals surface area contributed by atoms with Crippen molar-refractivity contribution in [2.45, 2.75) is 31.5 Å². The Balaban J connectivity index is 1.97. The van der Waals surface area contributed by atoms with Crippen LogP contribution in [0, 0.1) is 0 Å². The SMILES string of the molecule is O=C(Nc1ccc(C(F)(F)F)cc1)C1CCCCO1. The molecule has 1 aliphatic rings. The standard InChI is InChI=1S/C13H14F3NO2/c14-13(15,16)9-4-6-10(7-5-9)17-12(18)11-3-1-2-8-19-11/h4-7,11H,1-3,8H2,(H,17,18). The molecule has 19 heavy (non-hydrogen) atoms. The summed E-state index contributed by atoms with van der Waals surface area (Å²) in [5, 5.41) is 2.56. The second-order valence-corrected chi connectivity index (χ2v) is 4.42. The molecule has 104 valence electrons. The number of ether oxygens (including phenoxy) is 1. The number of rotatable bonds is 2. The Bertz CT molecular complexity index is 436. The Hall–Kier alpha value is -1.56. The molecular weight excluding hydrogens is 259 g/mol. The van der Waals surface area contributed by atoms with E-state index in [0.29, 0.717) is 18.7 Å². The maximum absolute atomic E-state index is 12.4. The minimum atomic E-state index is -4.37. The highest BCUT2D eigenvalue weighted by atomic mass is 19.4. The summed E-state index contributed by atoms with van der Waals surface area (Å²) in [6, 6.07) is 4.36. The molecule has 1 saturated heterocycles. The number of amides is 1. The van der Waals surface area contributed by atoms with Crippen molar-refractivity contribution in [3.8, 4) is 0 Å². The van der Waals surface area contributed by atoms with E-state index in [2.05, 4.69) is 5.32 Å². The molecule has 0 bridgehead atoms. The summed E-state index contributed by atoms with van der Waals surface area (Å²) in [6.07, 6.45) is -2.37. The summed E-state index contributed by atoms with van der Waals surface area (Å²) in [5.41, 5.74) is -0.397. The quantitative estimate of drug-likeness (QED) is 0.898. The van der Waals surface area contributed by atoms with Crippen LogP contribution in [-0.2, 0) is 15.7 Å². The third-order valence-electron chi connectivity index (χ3n) is 2.95. The van der Waals surface area contributed by atoms with Crippen LogP contribution in [0.25, 0.3) is 0 Å². The zero-order valence-corrected chi connectivity index (χ0v) is 10.2. The summed E-state index contributed by atoms with van der Waals surface area (Å²) >= 11 is 0. The lowest BCUT2D eigenvalue weighted by Gasteiger charge is -2.21. The zero-order chi connectivity index (χ0) is 13.9. The van der Waals surface area contributed by atoms with Gasteiger partial charge in [0.25, 0.3) is 5.91 Å². The first-order valence-electron chi connectivity index (χ1n) is 6.06. The van der Waals surface area contributed by atoms with Crippen molar-refractivity contribution >= 4 is 11.6 Å². The average Bonchev–Trinajstić information content (AvgIpc) is 2.39. The van der Waals surface area contributed by atoms with E-state index >= 15 is 0 Å². The van der Waals surface area contributed by atoms with Gasteiger partial charge in [-0.05, 0) is 43.5 Å². The Morgan fingerprint density at radius 2 is 1.89 bits per heavy atom. The normalized spacial score (nSPS) is 20.1. The van der Waals surface area contributed by atoms with Gasteiger partial charge in [-0.15, -0.1) is 0 Å². The van der Waals surface area contributed by atoms with Crippen LogP contribution in [0.1, 0.15) is 24.8 Å². The van der Waals surface area contributed by atoms with Crippen molar-refractivity contribution in [3.63, 3.8) is 0 Å². The number of hydrogen-bond donors (Lipinski definition) is 1. The van der Waals surface area contributed by atoms with Crippen LogP contribution >= 0.6 is 0 Å². The largest absolute Gasteiger partial charge is 0.416 e. The molecule has 0 spiro atoms. The van der Waals surface area contributed by atoms with Crippen LogP contribution in [-0.4, -0.2) is 18.6 Å². The van der Waals surface area contributed by atoms with Crippen LogP contribution < -0.4 is 5.32 Å². The van der Waals surface area contributed by atoms with Crippen molar-refractivity contribution in [1.82, 2.24) is 0 Å². The van der Waals surface area contributed by atoms with Gasteiger partial charge in [0, 0.05) is 12.3 Å². The average molecular weight is 273 g/mol. The van der Waals surface area contributed by atoms with E-state index in [9.17, 15) is 18.0 Å². The molecule has 0 aromatic heterocycles. The van der Waals surface area contributed by atoms with Gasteiger partial charge in [-0.25, -0.2) is 0 Å². The molecular formula is C13H14F3NO2. The summed E-state index contributed by atoms with van der Waals surface area (Å²) in [5.74, 6) is -0.306. The topological polar surface area (TPSA) is 38.3 Å². The second kappa shape index (κ2) is 5.61. The fourth-order valence-electron chi connectivity index (χ4n) is 1.91. The molecule has 1 aromatic carbocycles. The lowest BCUT2D eigenvalue weighted by Crippen LogP contribution is -2.33. The van der Waals surface area contributed by atoms with E-state index in [1.165, 1.54) is 12.1 Å². The minimum absolute atomic E-state index is 0.306. The van der Waals surface area contributed by atoms with E-state index < -0.39 is 17.8 Å². The third kappa shape index (κ3) is 3.70. The predicted molar refractivity (Wildman–Crippen MR) is 63.7 cm³/mol. The first-order chi connectivity index (χ1) is 8.97. The summed E-state index contributed by atoms with van der Waals surface area (Å²) in [6.45, 7) is 0.547. The Kier molecular flexibility index (Phi) is 4.09. The summed E-state index contributed by atoms with van der Waals surface area (Å²) in [7, 11) is 0. The van der Waals surface area contributed by atoms with Gasteiger partial charge in [0.15, 0.2) is 0 Å². The smallest absolute Gasteiger partial charge is 0.368 e. The first-order valence-corrected chi connectivity index (χ1v) is 6.06. The van der Waals surface area contributed by atoms with E-state index in [4.69, 9.17) is 4.74 Å². The van der Waals surface area contributed by atoms with E-state index in [-0.39, 0.29) is 5.91 Å². The van der Waals surface area contributed by atoms with Gasteiger partial charge in [0.2, 0.25) is 0 Å². The van der Waals surface area contributed by atoms with Crippen molar-refractivity contribution < 1.29 is 22.7 Å². The van der Waals surface area contributed by atoms with Gasteiger partial charge in [0.1, 0.15) is 6.10 Å². The molecule has 3 nitrogen and oxygen atoms in total. The molecule has 6 heteroatoms. The van der Waals surface area contributed by atoms with Crippen LogP contribution in [0.2, 0.25) is 0 Å². The van der Waals surface area contributed by atoms with E-state index in [1.54, 1.807) is 0 Å². The predicted octanol–water partition coefficient (Wildman–Crippen LogP) is 3.21. The molecule has 2 rings (SSSR count). The zero-order valence-electron chi connectivity index (χ0n) is 10.2. The molecule has 0 saturated carbocycles.